The molecule has 0 saturated carbocycles. The van der Waals surface area contributed by atoms with Crippen molar-refractivity contribution in [1.82, 2.24) is 9.62 Å². The van der Waals surface area contributed by atoms with Crippen LogP contribution in [0.15, 0.2) is 71.6 Å². The molecule has 0 radical (unpaired) electrons. The highest BCUT2D eigenvalue weighted by atomic mass is 32.2. The number of sulfonamides is 1. The Morgan fingerprint density at radius 2 is 1.59 bits per heavy atom. The molecule has 1 heterocycles. The summed E-state index contributed by atoms with van der Waals surface area (Å²) in [5.74, 6) is -0.226. The maximum Gasteiger partial charge on any atom is 0.251 e. The van der Waals surface area contributed by atoms with Crippen molar-refractivity contribution in [1.29, 1.82) is 0 Å². The van der Waals surface area contributed by atoms with E-state index in [0.29, 0.717) is 18.7 Å². The van der Waals surface area contributed by atoms with Crippen LogP contribution in [0.1, 0.15) is 41.7 Å². The molecule has 3 aromatic carbocycles. The van der Waals surface area contributed by atoms with Crippen LogP contribution in [0.3, 0.4) is 0 Å². The molecule has 5 nitrogen and oxygen atoms in total. The van der Waals surface area contributed by atoms with E-state index in [2.05, 4.69) is 5.32 Å². The molecular weight excluding hydrogens is 384 g/mol. The van der Waals surface area contributed by atoms with Crippen LogP contribution in [0.25, 0.3) is 10.8 Å². The van der Waals surface area contributed by atoms with Crippen molar-refractivity contribution < 1.29 is 13.2 Å². The number of benzene rings is 3. The molecule has 0 aromatic heterocycles. The number of nitrogens with one attached hydrogen (secondary N) is 1. The van der Waals surface area contributed by atoms with Crippen molar-refractivity contribution in [3.63, 3.8) is 0 Å². The van der Waals surface area contributed by atoms with Crippen molar-refractivity contribution in [2.24, 2.45) is 0 Å². The summed E-state index contributed by atoms with van der Waals surface area (Å²) in [6.45, 7) is 3.08. The Hall–Kier alpha value is -2.70. The summed E-state index contributed by atoms with van der Waals surface area (Å²) in [7, 11) is -3.47. The first-order chi connectivity index (χ1) is 14.0. The maximum atomic E-state index is 12.7. The predicted molar refractivity (Wildman–Crippen MR) is 114 cm³/mol. The van der Waals surface area contributed by atoms with Gasteiger partial charge < -0.3 is 5.32 Å². The molecule has 1 unspecified atom stereocenters. The number of amides is 1. The molecular formula is C23H24N2O3S. The molecule has 150 valence electrons. The highest BCUT2D eigenvalue weighted by Gasteiger charge is 2.27. The number of carbonyl (C=O) groups is 1. The number of carbonyl (C=O) groups excluding carboxylic acids is 1. The Kier molecular flexibility index (Phi) is 5.39. The van der Waals surface area contributed by atoms with Crippen molar-refractivity contribution in [3.8, 4) is 0 Å². The summed E-state index contributed by atoms with van der Waals surface area (Å²) in [4.78, 5) is 12.9. The second-order valence-corrected chi connectivity index (χ2v) is 9.34. The van der Waals surface area contributed by atoms with Crippen molar-refractivity contribution in [3.05, 3.63) is 77.9 Å². The highest BCUT2D eigenvalue weighted by Crippen LogP contribution is 2.25. The Morgan fingerprint density at radius 3 is 2.31 bits per heavy atom. The zero-order valence-electron chi connectivity index (χ0n) is 16.3. The lowest BCUT2D eigenvalue weighted by Crippen LogP contribution is -2.28. The number of hydrogen-bond donors (Lipinski definition) is 1. The van der Waals surface area contributed by atoms with Crippen LogP contribution in [-0.4, -0.2) is 31.7 Å². The molecule has 1 atom stereocenters. The number of fused-ring (bicyclic) bond motifs is 1. The Balaban J connectivity index is 1.51. The largest absolute Gasteiger partial charge is 0.345 e. The monoisotopic (exact) mass is 408 g/mol. The van der Waals surface area contributed by atoms with E-state index in [4.69, 9.17) is 0 Å². The Bertz CT molecular complexity index is 1130. The van der Waals surface area contributed by atoms with Crippen LogP contribution in [0, 0.1) is 0 Å². The Labute approximate surface area is 171 Å². The van der Waals surface area contributed by atoms with Gasteiger partial charge in [-0.2, -0.15) is 4.31 Å². The van der Waals surface area contributed by atoms with Gasteiger partial charge in [0.15, 0.2) is 0 Å². The molecule has 4 rings (SSSR count). The molecule has 0 aliphatic carbocycles. The smallest absolute Gasteiger partial charge is 0.251 e. The van der Waals surface area contributed by atoms with Gasteiger partial charge in [-0.15, -0.1) is 0 Å². The number of nitrogens with zero attached hydrogens (tertiary/aromatic N) is 1. The van der Waals surface area contributed by atoms with E-state index in [1.54, 1.807) is 12.1 Å². The lowest BCUT2D eigenvalue weighted by molar-refractivity contribution is 0.0940. The van der Waals surface area contributed by atoms with Gasteiger partial charge in [-0.1, -0.05) is 42.5 Å². The van der Waals surface area contributed by atoms with Gasteiger partial charge >= 0.3 is 0 Å². The normalized spacial score (nSPS) is 16.0. The maximum absolute atomic E-state index is 12.7. The van der Waals surface area contributed by atoms with Crippen LogP contribution >= 0.6 is 0 Å². The van der Waals surface area contributed by atoms with Gasteiger partial charge in [0.25, 0.3) is 5.91 Å². The quantitative estimate of drug-likeness (QED) is 0.691. The average molecular weight is 409 g/mol. The molecule has 1 aliphatic heterocycles. The van der Waals surface area contributed by atoms with E-state index in [-0.39, 0.29) is 16.8 Å². The summed E-state index contributed by atoms with van der Waals surface area (Å²) < 4.78 is 26.8. The predicted octanol–water partition coefficient (Wildman–Crippen LogP) is 4.12. The molecule has 3 aromatic rings. The van der Waals surface area contributed by atoms with E-state index in [1.165, 1.54) is 16.4 Å². The van der Waals surface area contributed by atoms with Gasteiger partial charge in [-0.25, -0.2) is 8.42 Å². The molecule has 1 aliphatic rings. The summed E-state index contributed by atoms with van der Waals surface area (Å²) in [5, 5.41) is 5.25. The molecule has 6 heteroatoms. The topological polar surface area (TPSA) is 66.5 Å². The Morgan fingerprint density at radius 1 is 0.931 bits per heavy atom. The summed E-state index contributed by atoms with van der Waals surface area (Å²) in [6.07, 6.45) is 1.79. The van der Waals surface area contributed by atoms with Crippen molar-refractivity contribution >= 4 is 26.7 Å². The van der Waals surface area contributed by atoms with Gasteiger partial charge in [-0.3, -0.25) is 4.79 Å². The van der Waals surface area contributed by atoms with Gasteiger partial charge in [0, 0.05) is 18.7 Å². The first kappa shape index (κ1) is 19.6. The third-order valence-electron chi connectivity index (χ3n) is 5.46. The van der Waals surface area contributed by atoms with Gasteiger partial charge in [0.2, 0.25) is 10.0 Å². The van der Waals surface area contributed by atoms with E-state index in [0.717, 1.165) is 29.2 Å². The molecule has 1 amide bonds. The molecule has 0 spiro atoms. The van der Waals surface area contributed by atoms with E-state index in [9.17, 15) is 13.2 Å². The van der Waals surface area contributed by atoms with Gasteiger partial charge in [0.1, 0.15) is 0 Å². The first-order valence-corrected chi connectivity index (χ1v) is 11.3. The van der Waals surface area contributed by atoms with Gasteiger partial charge in [-0.05, 0) is 60.4 Å². The van der Waals surface area contributed by atoms with Crippen LogP contribution in [0.5, 0.6) is 0 Å². The van der Waals surface area contributed by atoms with Crippen LogP contribution in [-0.2, 0) is 10.0 Å². The summed E-state index contributed by atoms with van der Waals surface area (Å²) >= 11 is 0. The standard InChI is InChI=1S/C23H24N2O3S/c1-17(21-10-6-8-18-7-2-3-9-22(18)21)24-23(26)19-11-13-20(14-12-19)29(27,28)25-15-4-5-16-25/h2-3,6-14,17H,4-5,15-16H2,1H3,(H,24,26). The van der Waals surface area contributed by atoms with Crippen LogP contribution < -0.4 is 5.32 Å². The second-order valence-electron chi connectivity index (χ2n) is 7.40. The summed E-state index contributed by atoms with van der Waals surface area (Å²) in [5.41, 5.74) is 1.49. The third-order valence-corrected chi connectivity index (χ3v) is 7.37. The van der Waals surface area contributed by atoms with Crippen molar-refractivity contribution in [2.75, 3.05) is 13.1 Å². The molecule has 1 saturated heterocycles. The number of hydrogen-bond acceptors (Lipinski definition) is 3. The zero-order chi connectivity index (χ0) is 20.4. The molecule has 1 N–H and O–H groups in total. The minimum absolute atomic E-state index is 0.179. The zero-order valence-corrected chi connectivity index (χ0v) is 17.2. The first-order valence-electron chi connectivity index (χ1n) is 9.85. The lowest BCUT2D eigenvalue weighted by atomic mass is 9.99. The highest BCUT2D eigenvalue weighted by molar-refractivity contribution is 7.89. The minimum Gasteiger partial charge on any atom is -0.345 e. The van der Waals surface area contributed by atoms with Crippen molar-refractivity contribution in [2.45, 2.75) is 30.7 Å². The summed E-state index contributed by atoms with van der Waals surface area (Å²) in [6, 6.07) is 20.1. The lowest BCUT2D eigenvalue weighted by Gasteiger charge is -2.17. The van der Waals surface area contributed by atoms with E-state index in [1.807, 2.05) is 49.4 Å². The molecule has 0 bridgehead atoms. The van der Waals surface area contributed by atoms with E-state index < -0.39 is 10.0 Å². The molecule has 1 fully saturated rings. The van der Waals surface area contributed by atoms with Crippen LogP contribution in [0.2, 0.25) is 0 Å². The third kappa shape index (κ3) is 3.91. The minimum atomic E-state index is -3.47. The SMILES string of the molecule is CC(NC(=O)c1ccc(S(=O)(=O)N2CCCC2)cc1)c1cccc2ccccc12. The van der Waals surface area contributed by atoms with Gasteiger partial charge in [0.05, 0.1) is 10.9 Å². The van der Waals surface area contributed by atoms with Crippen LogP contribution in [0.4, 0.5) is 0 Å². The second kappa shape index (κ2) is 7.97. The fraction of sp³-hybridized carbons (Fsp3) is 0.261. The molecule has 29 heavy (non-hydrogen) atoms. The fourth-order valence-electron chi connectivity index (χ4n) is 3.84. The fourth-order valence-corrected chi connectivity index (χ4v) is 5.36. The number of rotatable bonds is 5. The average Bonchev–Trinajstić information content (AvgIpc) is 3.29. The van der Waals surface area contributed by atoms with E-state index >= 15 is 0 Å².